The number of hydrogen-bond acceptors (Lipinski definition) is 12. The van der Waals surface area contributed by atoms with E-state index >= 15 is 0 Å². The van der Waals surface area contributed by atoms with Crippen molar-refractivity contribution in [2.75, 3.05) is 0 Å². The molecule has 0 unspecified atom stereocenters. The van der Waals surface area contributed by atoms with Gasteiger partial charge in [0, 0.05) is 0 Å². The molecule has 0 aliphatic heterocycles. The molecule has 0 aliphatic rings. The van der Waals surface area contributed by atoms with Crippen LogP contribution < -0.4 is 101 Å². The second-order valence-electron chi connectivity index (χ2n) is 1.34. The summed E-state index contributed by atoms with van der Waals surface area (Å²) in [6.45, 7) is 0. The first-order valence-electron chi connectivity index (χ1n) is 2.19. The third-order valence-corrected chi connectivity index (χ3v) is 0. The maximum absolute atomic E-state index is 8.55. The van der Waals surface area contributed by atoms with E-state index in [4.69, 9.17) is 57.7 Å². The summed E-state index contributed by atoms with van der Waals surface area (Å²) >= 11 is 0. The smallest absolute Gasteiger partial charge is 0.822 e. The second-order valence-corrected chi connectivity index (χ2v) is 4.02. The fraction of sp³-hybridized carbons (Fsp3) is 0. The minimum absolute atomic E-state index is 0. The van der Waals surface area contributed by atoms with Crippen molar-refractivity contribution in [2.24, 2.45) is 0 Å². The van der Waals surface area contributed by atoms with Crippen molar-refractivity contribution in [1.29, 1.82) is 0 Å². The third-order valence-electron chi connectivity index (χ3n) is 0. The van der Waals surface area contributed by atoms with E-state index in [1.54, 1.807) is 0 Å². The summed E-state index contributed by atoms with van der Waals surface area (Å²) in [6.07, 6.45) is 0. The van der Waals surface area contributed by atoms with Crippen LogP contribution in [-0.2, 0) is 13.7 Å². The van der Waals surface area contributed by atoms with Gasteiger partial charge in [-0.05, 0) is 0 Å². The molecule has 0 amide bonds. The first-order valence-corrected chi connectivity index (χ1v) is 6.57. The number of phosphoric acid groups is 3. The minimum atomic E-state index is -5.39. The Balaban J connectivity index is -0.0000000129. The molecule has 96 valence electrons. The van der Waals surface area contributed by atoms with Crippen molar-refractivity contribution in [2.45, 2.75) is 0 Å². The SMILES string of the molecule is O=P([O-])([O-])[O-].O=P([O-])([O-])[O-].O=P([O-])([O-])[O-].[Ca+2].[Ca+2].[Ca+2].[Li+].[Li+].[Li+]. The van der Waals surface area contributed by atoms with E-state index in [1.165, 1.54) is 0 Å². The summed E-state index contributed by atoms with van der Waals surface area (Å²) in [4.78, 5) is 76.9. The molecule has 0 rings (SSSR count). The van der Waals surface area contributed by atoms with Gasteiger partial charge >= 0.3 is 170 Å². The van der Waals surface area contributed by atoms with Crippen molar-refractivity contribution < 1.29 is 114 Å². The molecule has 0 saturated carbocycles. The number of hydrogen-bond donors (Lipinski definition) is 0. The molecule has 12 nitrogen and oxygen atoms in total. The zero-order chi connectivity index (χ0) is 13.5. The van der Waals surface area contributed by atoms with Crippen LogP contribution in [0.25, 0.3) is 0 Å². The van der Waals surface area contributed by atoms with E-state index in [-0.39, 0.29) is 170 Å². The summed E-state index contributed by atoms with van der Waals surface area (Å²) in [5.41, 5.74) is 0. The van der Waals surface area contributed by atoms with Gasteiger partial charge in [0.05, 0.1) is 0 Å². The van der Waals surface area contributed by atoms with Gasteiger partial charge in [-0.1, -0.05) is 0 Å². The maximum atomic E-state index is 8.55. The van der Waals surface area contributed by atoms with Gasteiger partial charge < -0.3 is 57.7 Å². The van der Waals surface area contributed by atoms with Crippen LogP contribution in [0.4, 0.5) is 0 Å². The summed E-state index contributed by atoms with van der Waals surface area (Å²) in [5.74, 6) is 0. The molecule has 0 aromatic rings. The van der Waals surface area contributed by atoms with E-state index < -0.39 is 23.5 Å². The zero-order valence-corrected chi connectivity index (χ0v) is 20.7. The first-order chi connectivity index (χ1) is 6.00. The van der Waals surface area contributed by atoms with Crippen molar-refractivity contribution in [3.8, 4) is 0 Å². The van der Waals surface area contributed by atoms with E-state index in [0.717, 1.165) is 0 Å². The summed E-state index contributed by atoms with van der Waals surface area (Å²) in [5, 5.41) is 0. The Morgan fingerprint density at radius 2 is 0.381 bits per heavy atom. The molecule has 0 bridgehead atoms. The summed E-state index contributed by atoms with van der Waals surface area (Å²) in [6, 6.07) is 0. The molecule has 0 atom stereocenters. The average Bonchev–Trinajstić information content (AvgIpc) is 1.41. The van der Waals surface area contributed by atoms with E-state index in [2.05, 4.69) is 0 Å². The van der Waals surface area contributed by atoms with Crippen LogP contribution >= 0.6 is 23.5 Å². The van der Waals surface area contributed by atoms with Crippen LogP contribution in [-0.4, -0.2) is 113 Å². The molecule has 0 heterocycles. The van der Waals surface area contributed by atoms with Crippen molar-refractivity contribution in [3.05, 3.63) is 0 Å². The molecule has 21 heavy (non-hydrogen) atoms. The van der Waals surface area contributed by atoms with Gasteiger partial charge in [-0.15, -0.1) is 0 Å². The van der Waals surface area contributed by atoms with Crippen LogP contribution in [0.2, 0.25) is 0 Å². The fourth-order valence-corrected chi connectivity index (χ4v) is 0. The van der Waals surface area contributed by atoms with Gasteiger partial charge in [0.2, 0.25) is 0 Å². The molecule has 0 aromatic carbocycles. The predicted molar refractivity (Wildman–Crippen MR) is 40.1 cm³/mol. The van der Waals surface area contributed by atoms with E-state index in [1.807, 2.05) is 0 Å². The van der Waals surface area contributed by atoms with Crippen molar-refractivity contribution in [1.82, 2.24) is 0 Å². The Hall–Kier alpha value is 5.90. The minimum Gasteiger partial charge on any atom is -0.822 e. The van der Waals surface area contributed by atoms with Gasteiger partial charge in [-0.25, -0.2) is 0 Å². The Morgan fingerprint density at radius 1 is 0.381 bits per heavy atom. The van der Waals surface area contributed by atoms with Gasteiger partial charge in [0.15, 0.2) is 0 Å². The molecule has 0 fully saturated rings. The van der Waals surface area contributed by atoms with E-state index in [0.29, 0.717) is 0 Å². The number of rotatable bonds is 0. The van der Waals surface area contributed by atoms with Gasteiger partial charge in [0.25, 0.3) is 0 Å². The quantitative estimate of drug-likeness (QED) is 0.258. The average molecular weight is 426 g/mol. The molecule has 0 aliphatic carbocycles. The molecule has 0 saturated heterocycles. The van der Waals surface area contributed by atoms with Crippen molar-refractivity contribution in [3.63, 3.8) is 0 Å². The standard InChI is InChI=1S/3Ca.3Li.3H3O4P/c;;;;;;3*1-5(2,3)4/h;;;;;;3*(H3,1,2,3,4)/q3*+2;3*+1;;;/p-9. The molecule has 21 heteroatoms. The van der Waals surface area contributed by atoms with Gasteiger partial charge in [0.1, 0.15) is 0 Å². The van der Waals surface area contributed by atoms with Crippen LogP contribution in [0.1, 0.15) is 0 Å². The van der Waals surface area contributed by atoms with Gasteiger partial charge in [-0.2, -0.15) is 23.5 Å². The normalized spacial score (nSPS) is 8.43. The Bertz CT molecular complexity index is 221. The van der Waals surface area contributed by atoms with Gasteiger partial charge in [-0.3, -0.25) is 0 Å². The van der Waals surface area contributed by atoms with Crippen molar-refractivity contribution >= 4 is 137 Å². The zero-order valence-electron chi connectivity index (χ0n) is 11.4. The second kappa shape index (κ2) is 28.1. The van der Waals surface area contributed by atoms with E-state index in [9.17, 15) is 0 Å². The predicted octanol–water partition coefficient (Wildman–Crippen LogP) is -18.6. The molecular formula is Ca3Li3O12P3. The summed E-state index contributed by atoms with van der Waals surface area (Å²) < 4.78 is 25.6. The van der Waals surface area contributed by atoms with Crippen LogP contribution in [0, 0.1) is 0 Å². The molecule has 0 radical (unpaired) electrons. The first kappa shape index (κ1) is 56.3. The largest absolute Gasteiger partial charge is 2.00 e. The Kier molecular flexibility index (Phi) is 75.4. The maximum Gasteiger partial charge on any atom is 2.00 e. The fourth-order valence-electron chi connectivity index (χ4n) is 0. The van der Waals surface area contributed by atoms with Crippen LogP contribution in [0.3, 0.4) is 0 Å². The Labute approximate surface area is 245 Å². The molecule has 0 N–H and O–H groups in total. The molecule has 0 spiro atoms. The van der Waals surface area contributed by atoms with Crippen LogP contribution in [0.15, 0.2) is 0 Å². The Morgan fingerprint density at radius 3 is 0.381 bits per heavy atom. The molecular weight excluding hydrogens is 426 g/mol. The van der Waals surface area contributed by atoms with Crippen LogP contribution in [0.5, 0.6) is 0 Å². The molecule has 0 aromatic heterocycles. The third kappa shape index (κ3) is 425. The summed E-state index contributed by atoms with van der Waals surface area (Å²) in [7, 11) is -16.2. The topological polar surface area (TPSA) is 259 Å². The monoisotopic (exact) mass is 426 g/mol.